The van der Waals surface area contributed by atoms with E-state index in [0.717, 1.165) is 16.7 Å². The molecule has 1 aliphatic rings. The molecule has 22 heavy (non-hydrogen) atoms. The van der Waals surface area contributed by atoms with Gasteiger partial charge in [-0.3, -0.25) is 9.59 Å². The average molecular weight is 390 g/mol. The third-order valence-electron chi connectivity index (χ3n) is 3.30. The quantitative estimate of drug-likeness (QED) is 0.856. The van der Waals surface area contributed by atoms with Crippen molar-refractivity contribution in [3.63, 3.8) is 0 Å². The second-order valence-electron chi connectivity index (χ2n) is 4.94. The lowest BCUT2D eigenvalue weighted by molar-refractivity contribution is -0.117. The minimum Gasteiger partial charge on any atom is -0.478 e. The van der Waals surface area contributed by atoms with Gasteiger partial charge in [-0.1, -0.05) is 11.8 Å². The molecule has 1 atom stereocenters. The predicted molar refractivity (Wildman–Crippen MR) is 84.7 cm³/mol. The van der Waals surface area contributed by atoms with Crippen molar-refractivity contribution >= 4 is 50.4 Å². The van der Waals surface area contributed by atoms with Crippen molar-refractivity contribution in [1.29, 1.82) is 0 Å². The molecule has 1 heterocycles. The topological polar surface area (TPSA) is 74.7 Å². The maximum Gasteiger partial charge on any atom is 0.337 e. The van der Waals surface area contributed by atoms with Gasteiger partial charge in [-0.05, 0) is 34.0 Å². The van der Waals surface area contributed by atoms with Gasteiger partial charge in [0.25, 0.3) is 0 Å². The fraction of sp³-hybridized carbons (Fsp3) is 0.357. The summed E-state index contributed by atoms with van der Waals surface area (Å²) in [5, 5.41) is 9.15. The van der Waals surface area contributed by atoms with Crippen LogP contribution in [0, 0.1) is 11.7 Å². The second kappa shape index (κ2) is 6.78. The van der Waals surface area contributed by atoms with Crippen LogP contribution in [0.3, 0.4) is 0 Å². The van der Waals surface area contributed by atoms with Crippen LogP contribution in [0.1, 0.15) is 23.7 Å². The molecule has 1 amide bonds. The van der Waals surface area contributed by atoms with Crippen molar-refractivity contribution in [3.8, 4) is 0 Å². The molecule has 0 aromatic heterocycles. The molecule has 0 bridgehead atoms. The number of rotatable bonds is 4. The molecular weight excluding hydrogens is 377 g/mol. The fourth-order valence-corrected chi connectivity index (χ4v) is 3.33. The second-order valence-corrected chi connectivity index (χ2v) is 6.99. The Bertz CT molecular complexity index is 652. The molecule has 1 aliphatic heterocycles. The van der Waals surface area contributed by atoms with Crippen LogP contribution in [0.4, 0.5) is 10.1 Å². The zero-order chi connectivity index (χ0) is 16.4. The van der Waals surface area contributed by atoms with E-state index >= 15 is 0 Å². The number of carbonyl (C=O) groups is 3. The molecular formula is C14H13BrFNO4S. The van der Waals surface area contributed by atoms with Gasteiger partial charge < -0.3 is 10.0 Å². The van der Waals surface area contributed by atoms with E-state index in [1.807, 2.05) is 0 Å². The third-order valence-corrected chi connectivity index (χ3v) is 4.95. The molecule has 0 aliphatic carbocycles. The molecule has 8 heteroatoms. The van der Waals surface area contributed by atoms with Gasteiger partial charge in [0, 0.05) is 25.6 Å². The first-order chi connectivity index (χ1) is 10.3. The van der Waals surface area contributed by atoms with Gasteiger partial charge in [0.15, 0.2) is 10.9 Å². The molecule has 1 fully saturated rings. The number of halogens is 2. The van der Waals surface area contributed by atoms with Gasteiger partial charge in [-0.15, -0.1) is 0 Å². The van der Waals surface area contributed by atoms with Crippen LogP contribution in [0.15, 0.2) is 16.6 Å². The van der Waals surface area contributed by atoms with Crippen LogP contribution in [-0.2, 0) is 9.59 Å². The summed E-state index contributed by atoms with van der Waals surface area (Å²) in [5.41, 5.74) is -0.476. The number of hydrogen-bond donors (Lipinski definition) is 1. The Balaban J connectivity index is 2.32. The molecule has 1 aromatic rings. The van der Waals surface area contributed by atoms with Gasteiger partial charge in [-0.2, -0.15) is 0 Å². The smallest absolute Gasteiger partial charge is 0.337 e. The number of amides is 1. The molecule has 118 valence electrons. The SMILES string of the molecule is CC(=O)SCC1CC(=O)N(c2c(C(=O)O)ccc(Br)c2F)C1. The highest BCUT2D eigenvalue weighted by Crippen LogP contribution is 2.35. The first-order valence-electron chi connectivity index (χ1n) is 6.46. The van der Waals surface area contributed by atoms with Crippen LogP contribution in [0.5, 0.6) is 0 Å². The summed E-state index contributed by atoms with van der Waals surface area (Å²) in [5.74, 6) is -2.06. The van der Waals surface area contributed by atoms with Crippen molar-refractivity contribution in [2.24, 2.45) is 5.92 Å². The van der Waals surface area contributed by atoms with Crippen LogP contribution in [0.25, 0.3) is 0 Å². The normalized spacial score (nSPS) is 17.9. The lowest BCUT2D eigenvalue weighted by Gasteiger charge is -2.20. The summed E-state index contributed by atoms with van der Waals surface area (Å²) in [6.45, 7) is 1.64. The number of thioether (sulfide) groups is 1. The lowest BCUT2D eigenvalue weighted by Crippen LogP contribution is -2.28. The van der Waals surface area contributed by atoms with Crippen molar-refractivity contribution in [3.05, 3.63) is 28.0 Å². The molecule has 5 nitrogen and oxygen atoms in total. The maximum absolute atomic E-state index is 14.3. The zero-order valence-corrected chi connectivity index (χ0v) is 14.0. The van der Waals surface area contributed by atoms with Gasteiger partial charge in [0.05, 0.1) is 15.7 Å². The number of anilines is 1. The molecule has 1 N–H and O–H groups in total. The first kappa shape index (κ1) is 17.0. The predicted octanol–water partition coefficient (Wildman–Crippen LogP) is 2.92. The number of carboxylic acid groups (broad SMARTS) is 1. The number of hydrogen-bond acceptors (Lipinski definition) is 4. The average Bonchev–Trinajstić information content (AvgIpc) is 2.80. The zero-order valence-electron chi connectivity index (χ0n) is 11.6. The molecule has 2 rings (SSSR count). The van der Waals surface area contributed by atoms with E-state index in [1.165, 1.54) is 19.1 Å². The van der Waals surface area contributed by atoms with E-state index in [-0.39, 0.29) is 45.6 Å². The van der Waals surface area contributed by atoms with Gasteiger partial charge in [0.1, 0.15) is 0 Å². The number of carbonyl (C=O) groups excluding carboxylic acids is 2. The Kier molecular flexibility index (Phi) is 5.23. The van der Waals surface area contributed by atoms with Gasteiger partial charge >= 0.3 is 5.97 Å². The molecule has 0 radical (unpaired) electrons. The Hall–Kier alpha value is -1.41. The molecule has 0 saturated carbocycles. The van der Waals surface area contributed by atoms with E-state index < -0.39 is 11.8 Å². The van der Waals surface area contributed by atoms with Gasteiger partial charge in [0.2, 0.25) is 5.91 Å². The van der Waals surface area contributed by atoms with Crippen LogP contribution >= 0.6 is 27.7 Å². The van der Waals surface area contributed by atoms with Crippen molar-refractivity contribution in [2.45, 2.75) is 13.3 Å². The largest absolute Gasteiger partial charge is 0.478 e. The van der Waals surface area contributed by atoms with E-state index in [1.54, 1.807) is 0 Å². The Labute approximate surface area is 139 Å². The minimum atomic E-state index is -1.30. The monoisotopic (exact) mass is 389 g/mol. The number of benzene rings is 1. The third kappa shape index (κ3) is 3.49. The summed E-state index contributed by atoms with van der Waals surface area (Å²) in [7, 11) is 0. The summed E-state index contributed by atoms with van der Waals surface area (Å²) in [6, 6.07) is 2.56. The van der Waals surface area contributed by atoms with Crippen molar-refractivity contribution < 1.29 is 23.9 Å². The highest BCUT2D eigenvalue weighted by molar-refractivity contribution is 9.10. The van der Waals surface area contributed by atoms with Crippen LogP contribution < -0.4 is 4.90 Å². The summed E-state index contributed by atoms with van der Waals surface area (Å²) in [6.07, 6.45) is 0.172. The van der Waals surface area contributed by atoms with Crippen LogP contribution in [-0.4, -0.2) is 34.4 Å². The first-order valence-corrected chi connectivity index (χ1v) is 8.24. The highest BCUT2D eigenvalue weighted by Gasteiger charge is 2.35. The van der Waals surface area contributed by atoms with Crippen molar-refractivity contribution in [2.75, 3.05) is 17.2 Å². The standard InChI is InChI=1S/C14H13BrFNO4S/c1-7(18)22-6-8-4-11(19)17(5-8)13-9(14(20)21)2-3-10(15)12(13)16/h2-3,8H,4-6H2,1H3,(H,20,21). The Morgan fingerprint density at radius 3 is 2.77 bits per heavy atom. The molecule has 0 spiro atoms. The van der Waals surface area contributed by atoms with Crippen molar-refractivity contribution in [1.82, 2.24) is 0 Å². The Morgan fingerprint density at radius 2 is 2.18 bits per heavy atom. The molecule has 1 aromatic carbocycles. The van der Waals surface area contributed by atoms with Gasteiger partial charge in [-0.25, -0.2) is 9.18 Å². The number of nitrogens with zero attached hydrogens (tertiary/aromatic N) is 1. The van der Waals surface area contributed by atoms with Crippen LogP contribution in [0.2, 0.25) is 0 Å². The minimum absolute atomic E-state index is 0.0502. The van der Waals surface area contributed by atoms with E-state index in [9.17, 15) is 23.9 Å². The van der Waals surface area contributed by atoms with E-state index in [4.69, 9.17) is 0 Å². The summed E-state index contributed by atoms with van der Waals surface area (Å²) in [4.78, 5) is 35.6. The molecule has 1 saturated heterocycles. The van der Waals surface area contributed by atoms with E-state index in [2.05, 4.69) is 15.9 Å². The fourth-order valence-electron chi connectivity index (χ4n) is 2.32. The lowest BCUT2D eigenvalue weighted by atomic mass is 10.1. The number of aromatic carboxylic acids is 1. The number of carboxylic acids is 1. The highest BCUT2D eigenvalue weighted by atomic mass is 79.9. The Morgan fingerprint density at radius 1 is 1.50 bits per heavy atom. The summed E-state index contributed by atoms with van der Waals surface area (Å²) < 4.78 is 14.4. The van der Waals surface area contributed by atoms with E-state index in [0.29, 0.717) is 5.75 Å². The maximum atomic E-state index is 14.3. The molecule has 1 unspecified atom stereocenters. The summed E-state index contributed by atoms with van der Waals surface area (Å²) >= 11 is 4.12.